The molecule has 0 N–H and O–H groups in total. The zero-order chi connectivity index (χ0) is 13.2. The molecule has 2 heterocycles. The number of pyridine rings is 1. The summed E-state index contributed by atoms with van der Waals surface area (Å²) in [6.45, 7) is 0.677. The monoisotopic (exact) mass is 283 g/mol. The number of rotatable bonds is 2. The highest BCUT2D eigenvalue weighted by atomic mass is 32.2. The molecule has 1 aromatic heterocycles. The maximum absolute atomic E-state index is 11.8. The molecule has 0 spiro atoms. The second-order valence-corrected chi connectivity index (χ2v) is 7.42. The van der Waals surface area contributed by atoms with Crippen LogP contribution >= 0.6 is 11.8 Å². The minimum atomic E-state index is -3.13. The third-order valence-corrected chi connectivity index (χ3v) is 5.42. The van der Waals surface area contributed by atoms with Gasteiger partial charge in [0.1, 0.15) is 17.1 Å². The Kier molecular flexibility index (Phi) is 3.78. The first-order valence-electron chi connectivity index (χ1n) is 5.42. The lowest BCUT2D eigenvalue weighted by molar-refractivity contribution is 0.584. The van der Waals surface area contributed by atoms with E-state index < -0.39 is 15.2 Å². The average Bonchev–Trinajstić information content (AvgIpc) is 2.38. The number of anilines is 1. The molecular weight excluding hydrogens is 270 g/mol. The van der Waals surface area contributed by atoms with Crippen molar-refractivity contribution >= 4 is 27.3 Å². The van der Waals surface area contributed by atoms with Crippen molar-refractivity contribution in [2.45, 2.75) is 5.37 Å². The SMILES string of the molecule is CS(=O)(=O)C1CSCCN1c1ccc(C#N)nc1. The van der Waals surface area contributed by atoms with Crippen LogP contribution in [-0.2, 0) is 9.84 Å². The number of aromatic nitrogens is 1. The molecule has 18 heavy (non-hydrogen) atoms. The van der Waals surface area contributed by atoms with Gasteiger partial charge < -0.3 is 4.90 Å². The standard InChI is InChI=1S/C11H13N3O2S2/c1-18(15,16)11-8-17-5-4-14(11)10-3-2-9(6-12)13-7-10/h2-3,7,11H,4-5,8H2,1H3. The smallest absolute Gasteiger partial charge is 0.169 e. The minimum absolute atomic E-state index is 0.334. The van der Waals surface area contributed by atoms with Crippen molar-refractivity contribution in [2.75, 3.05) is 29.2 Å². The van der Waals surface area contributed by atoms with E-state index in [2.05, 4.69) is 4.98 Å². The van der Waals surface area contributed by atoms with Crippen LogP contribution in [0.1, 0.15) is 5.69 Å². The van der Waals surface area contributed by atoms with Crippen molar-refractivity contribution < 1.29 is 8.42 Å². The van der Waals surface area contributed by atoms with Crippen molar-refractivity contribution in [3.05, 3.63) is 24.0 Å². The van der Waals surface area contributed by atoms with Gasteiger partial charge in [-0.05, 0) is 12.1 Å². The van der Waals surface area contributed by atoms with Crippen molar-refractivity contribution in [3.8, 4) is 6.07 Å². The summed E-state index contributed by atoms with van der Waals surface area (Å²) >= 11 is 1.64. The lowest BCUT2D eigenvalue weighted by Crippen LogP contribution is -2.47. The Morgan fingerprint density at radius 2 is 2.33 bits per heavy atom. The fourth-order valence-corrected chi connectivity index (χ4v) is 4.69. The van der Waals surface area contributed by atoms with E-state index >= 15 is 0 Å². The molecule has 0 saturated carbocycles. The van der Waals surface area contributed by atoms with Crippen LogP contribution in [0.25, 0.3) is 0 Å². The molecule has 1 unspecified atom stereocenters. The van der Waals surface area contributed by atoms with Crippen molar-refractivity contribution in [1.82, 2.24) is 4.98 Å². The van der Waals surface area contributed by atoms with E-state index in [1.54, 1.807) is 30.1 Å². The lowest BCUT2D eigenvalue weighted by atomic mass is 10.3. The van der Waals surface area contributed by atoms with E-state index in [1.807, 2.05) is 11.0 Å². The third kappa shape index (κ3) is 2.76. The second kappa shape index (κ2) is 5.16. The van der Waals surface area contributed by atoms with Gasteiger partial charge in [0.05, 0.1) is 11.9 Å². The predicted molar refractivity (Wildman–Crippen MR) is 72.3 cm³/mol. The first kappa shape index (κ1) is 13.2. The molecule has 0 radical (unpaired) electrons. The van der Waals surface area contributed by atoms with Crippen LogP contribution in [0.4, 0.5) is 5.69 Å². The summed E-state index contributed by atoms with van der Waals surface area (Å²) in [4.78, 5) is 5.83. The molecule has 0 aromatic carbocycles. The summed E-state index contributed by atoms with van der Waals surface area (Å²) in [5.41, 5.74) is 1.09. The number of nitrogens with zero attached hydrogens (tertiary/aromatic N) is 3. The summed E-state index contributed by atoms with van der Waals surface area (Å²) in [6, 6.07) is 5.30. The fourth-order valence-electron chi connectivity index (χ4n) is 1.85. The molecule has 1 aromatic rings. The highest BCUT2D eigenvalue weighted by Crippen LogP contribution is 2.26. The minimum Gasteiger partial charge on any atom is -0.352 e. The van der Waals surface area contributed by atoms with E-state index in [9.17, 15) is 8.42 Å². The Morgan fingerprint density at radius 3 is 2.89 bits per heavy atom. The highest BCUT2D eigenvalue weighted by Gasteiger charge is 2.31. The topological polar surface area (TPSA) is 74.1 Å². The average molecular weight is 283 g/mol. The summed E-state index contributed by atoms with van der Waals surface area (Å²) in [6.07, 6.45) is 2.82. The molecular formula is C11H13N3O2S2. The van der Waals surface area contributed by atoms with Crippen molar-refractivity contribution in [1.29, 1.82) is 5.26 Å². The van der Waals surface area contributed by atoms with Gasteiger partial charge in [-0.3, -0.25) is 0 Å². The van der Waals surface area contributed by atoms with Crippen molar-refractivity contribution in [3.63, 3.8) is 0 Å². The fraction of sp³-hybridized carbons (Fsp3) is 0.455. The van der Waals surface area contributed by atoms with Gasteiger partial charge in [0, 0.05) is 24.3 Å². The van der Waals surface area contributed by atoms with Gasteiger partial charge in [0.25, 0.3) is 0 Å². The largest absolute Gasteiger partial charge is 0.352 e. The molecule has 7 heteroatoms. The van der Waals surface area contributed by atoms with Gasteiger partial charge in [-0.2, -0.15) is 17.0 Å². The zero-order valence-electron chi connectivity index (χ0n) is 9.91. The number of hydrogen-bond acceptors (Lipinski definition) is 6. The lowest BCUT2D eigenvalue weighted by Gasteiger charge is -2.35. The maximum atomic E-state index is 11.8. The van der Waals surface area contributed by atoms with E-state index in [0.717, 1.165) is 11.4 Å². The van der Waals surface area contributed by atoms with Gasteiger partial charge >= 0.3 is 0 Å². The van der Waals surface area contributed by atoms with E-state index in [-0.39, 0.29) is 0 Å². The van der Waals surface area contributed by atoms with E-state index in [4.69, 9.17) is 5.26 Å². The van der Waals surface area contributed by atoms with E-state index in [1.165, 1.54) is 6.26 Å². The van der Waals surface area contributed by atoms with Crippen LogP contribution in [0.2, 0.25) is 0 Å². The molecule has 1 aliphatic heterocycles. The molecule has 1 aliphatic rings. The van der Waals surface area contributed by atoms with Crippen LogP contribution in [0, 0.1) is 11.3 Å². The number of hydrogen-bond donors (Lipinski definition) is 0. The first-order valence-corrected chi connectivity index (χ1v) is 8.52. The quantitative estimate of drug-likeness (QED) is 0.802. The summed E-state index contributed by atoms with van der Waals surface area (Å²) in [7, 11) is -3.13. The summed E-state index contributed by atoms with van der Waals surface area (Å²) in [5, 5.41) is 8.19. The summed E-state index contributed by atoms with van der Waals surface area (Å²) < 4.78 is 23.5. The number of thioether (sulfide) groups is 1. The Labute approximate surface area is 111 Å². The molecule has 5 nitrogen and oxygen atoms in total. The maximum Gasteiger partial charge on any atom is 0.169 e. The van der Waals surface area contributed by atoms with Gasteiger partial charge in [-0.1, -0.05) is 0 Å². The van der Waals surface area contributed by atoms with Gasteiger partial charge in [-0.25, -0.2) is 13.4 Å². The molecule has 0 aliphatic carbocycles. The Morgan fingerprint density at radius 1 is 1.56 bits per heavy atom. The first-order chi connectivity index (χ1) is 8.52. The molecule has 96 valence electrons. The Bertz CT molecular complexity index is 563. The normalized spacial score (nSPS) is 20.4. The van der Waals surface area contributed by atoms with Gasteiger partial charge in [-0.15, -0.1) is 0 Å². The van der Waals surface area contributed by atoms with Crippen LogP contribution in [0.5, 0.6) is 0 Å². The zero-order valence-corrected chi connectivity index (χ0v) is 11.5. The molecule has 1 fully saturated rings. The molecule has 1 atom stereocenters. The second-order valence-electron chi connectivity index (χ2n) is 4.07. The van der Waals surface area contributed by atoms with Gasteiger partial charge in [0.15, 0.2) is 9.84 Å². The molecule has 1 saturated heterocycles. The molecule has 0 amide bonds. The molecule has 2 rings (SSSR count). The van der Waals surface area contributed by atoms with Crippen LogP contribution in [0.15, 0.2) is 18.3 Å². The summed E-state index contributed by atoms with van der Waals surface area (Å²) in [5.74, 6) is 1.46. The van der Waals surface area contributed by atoms with Crippen LogP contribution in [0.3, 0.4) is 0 Å². The van der Waals surface area contributed by atoms with E-state index in [0.29, 0.717) is 18.0 Å². The van der Waals surface area contributed by atoms with Crippen LogP contribution < -0.4 is 4.90 Å². The van der Waals surface area contributed by atoms with Crippen molar-refractivity contribution in [2.24, 2.45) is 0 Å². The molecule has 0 bridgehead atoms. The third-order valence-electron chi connectivity index (χ3n) is 2.77. The highest BCUT2D eigenvalue weighted by molar-refractivity contribution is 8.01. The predicted octanol–water partition coefficient (Wildman–Crippen LogP) is 0.877. The van der Waals surface area contributed by atoms with Gasteiger partial charge in [0.2, 0.25) is 0 Å². The van der Waals surface area contributed by atoms with Crippen LogP contribution in [-0.4, -0.2) is 43.1 Å². The number of sulfone groups is 1. The Hall–Kier alpha value is -1.26. The number of nitriles is 1. The Balaban J connectivity index is 2.31.